The van der Waals surface area contributed by atoms with E-state index in [1.165, 1.54) is 50.1 Å². The molecule has 11 aromatic rings. The Kier molecular flexibility index (Phi) is 10.3. The zero-order valence-corrected chi connectivity index (χ0v) is 35.2. The van der Waals surface area contributed by atoms with E-state index in [0.717, 1.165) is 56.0 Å². The number of anilines is 3. The van der Waals surface area contributed by atoms with E-state index in [9.17, 15) is 0 Å². The van der Waals surface area contributed by atoms with Gasteiger partial charge in [0.05, 0.1) is 0 Å². The van der Waals surface area contributed by atoms with E-state index in [0.29, 0.717) is 0 Å². The maximum absolute atomic E-state index is 6.18. The molecule has 0 saturated heterocycles. The van der Waals surface area contributed by atoms with Gasteiger partial charge in [0.1, 0.15) is 11.3 Å². The molecular formula is C62H43NO. The van der Waals surface area contributed by atoms with Gasteiger partial charge in [0.2, 0.25) is 0 Å². The fourth-order valence-electron chi connectivity index (χ4n) is 8.68. The summed E-state index contributed by atoms with van der Waals surface area (Å²) in [4.78, 5) is 2.34. The Labute approximate surface area is 374 Å². The van der Waals surface area contributed by atoms with Gasteiger partial charge in [0.15, 0.2) is 0 Å². The summed E-state index contributed by atoms with van der Waals surface area (Å²) in [7, 11) is 0. The van der Waals surface area contributed by atoms with Crippen LogP contribution in [0.4, 0.5) is 17.1 Å². The van der Waals surface area contributed by atoms with Crippen molar-refractivity contribution in [3.05, 3.63) is 261 Å². The number of hydrogen-bond acceptors (Lipinski definition) is 2. The van der Waals surface area contributed by atoms with E-state index in [1.807, 2.05) is 18.2 Å². The van der Waals surface area contributed by atoms with Crippen LogP contribution in [0.15, 0.2) is 265 Å². The Morgan fingerprint density at radius 3 is 0.938 bits per heavy atom. The quantitative estimate of drug-likeness (QED) is 0.137. The van der Waals surface area contributed by atoms with E-state index in [-0.39, 0.29) is 0 Å². The predicted molar refractivity (Wildman–Crippen MR) is 269 cm³/mol. The number of rotatable bonds is 10. The molecule has 0 aliphatic carbocycles. The highest BCUT2D eigenvalue weighted by molar-refractivity contribution is 5.85. The summed E-state index contributed by atoms with van der Waals surface area (Å²) in [5.41, 5.74) is 19.5. The lowest BCUT2D eigenvalue weighted by Crippen LogP contribution is -2.09. The summed E-state index contributed by atoms with van der Waals surface area (Å²) >= 11 is 0. The zero-order valence-electron chi connectivity index (χ0n) is 35.2. The summed E-state index contributed by atoms with van der Waals surface area (Å²) in [6, 6.07) is 93.2. The Bertz CT molecular complexity index is 3280. The molecule has 11 rings (SSSR count). The molecule has 10 aromatic carbocycles. The van der Waals surface area contributed by atoms with Crippen molar-refractivity contribution in [3.8, 4) is 78.1 Å². The van der Waals surface area contributed by atoms with E-state index < -0.39 is 0 Å². The third kappa shape index (κ3) is 7.93. The zero-order chi connectivity index (χ0) is 42.7. The van der Waals surface area contributed by atoms with Gasteiger partial charge in [0.25, 0.3) is 0 Å². The number of hydrogen-bond donors (Lipinski definition) is 0. The molecule has 0 N–H and O–H groups in total. The topological polar surface area (TPSA) is 16.4 Å². The molecule has 0 amide bonds. The van der Waals surface area contributed by atoms with Crippen LogP contribution in [0, 0.1) is 0 Å². The van der Waals surface area contributed by atoms with E-state index >= 15 is 0 Å². The van der Waals surface area contributed by atoms with Gasteiger partial charge in [-0.1, -0.05) is 200 Å². The standard InChI is InChI=1S/C62H43NO/c1-3-11-44(12-4-1)46-21-23-47(24-22-46)49-29-35-58(36-30-49)63(60-39-33-52(34-40-60)54-17-9-16-53(41-54)45-13-5-2-6-14-45)59-37-31-50(32-38-59)48-25-27-51(28-26-48)55-18-10-19-56(42-55)62-43-57-15-7-8-20-61(57)64-62/h1-43H. The Hall–Kier alpha value is -8.46. The smallest absolute Gasteiger partial charge is 0.135 e. The summed E-state index contributed by atoms with van der Waals surface area (Å²) in [5, 5.41) is 1.11. The van der Waals surface area contributed by atoms with Crippen LogP contribution in [0.5, 0.6) is 0 Å². The minimum Gasteiger partial charge on any atom is -0.456 e. The molecule has 0 atom stereocenters. The van der Waals surface area contributed by atoms with Crippen LogP contribution in [-0.2, 0) is 0 Å². The Morgan fingerprint density at radius 2 is 0.516 bits per heavy atom. The van der Waals surface area contributed by atoms with Gasteiger partial charge in [-0.25, -0.2) is 0 Å². The van der Waals surface area contributed by atoms with Crippen molar-refractivity contribution in [1.82, 2.24) is 0 Å². The van der Waals surface area contributed by atoms with Crippen LogP contribution in [-0.4, -0.2) is 0 Å². The molecule has 0 aliphatic heterocycles. The van der Waals surface area contributed by atoms with Gasteiger partial charge in [-0.15, -0.1) is 0 Å². The maximum atomic E-state index is 6.18. The average molecular weight is 818 g/mol. The van der Waals surface area contributed by atoms with E-state index in [4.69, 9.17) is 4.42 Å². The summed E-state index contributed by atoms with van der Waals surface area (Å²) in [5.74, 6) is 0.878. The highest BCUT2D eigenvalue weighted by Crippen LogP contribution is 2.39. The molecule has 1 heterocycles. The second-order valence-electron chi connectivity index (χ2n) is 16.2. The van der Waals surface area contributed by atoms with Crippen molar-refractivity contribution in [3.63, 3.8) is 0 Å². The monoisotopic (exact) mass is 817 g/mol. The van der Waals surface area contributed by atoms with Gasteiger partial charge in [-0.3, -0.25) is 0 Å². The van der Waals surface area contributed by atoms with Crippen LogP contribution < -0.4 is 4.90 Å². The first-order valence-electron chi connectivity index (χ1n) is 21.8. The fraction of sp³-hybridized carbons (Fsp3) is 0. The summed E-state index contributed by atoms with van der Waals surface area (Å²) < 4.78 is 6.18. The van der Waals surface area contributed by atoms with Crippen molar-refractivity contribution in [2.75, 3.05) is 4.90 Å². The van der Waals surface area contributed by atoms with Crippen LogP contribution in [0.2, 0.25) is 0 Å². The molecule has 0 aliphatic rings. The van der Waals surface area contributed by atoms with Crippen molar-refractivity contribution in [1.29, 1.82) is 0 Å². The van der Waals surface area contributed by atoms with E-state index in [1.54, 1.807) is 0 Å². The molecular weight excluding hydrogens is 775 g/mol. The number of benzene rings is 10. The van der Waals surface area contributed by atoms with Crippen LogP contribution >= 0.6 is 0 Å². The van der Waals surface area contributed by atoms with E-state index in [2.05, 4.69) is 248 Å². The largest absolute Gasteiger partial charge is 0.456 e. The van der Waals surface area contributed by atoms with Crippen molar-refractivity contribution >= 4 is 28.0 Å². The lowest BCUT2D eigenvalue weighted by molar-refractivity contribution is 0.631. The third-order valence-electron chi connectivity index (χ3n) is 12.1. The summed E-state index contributed by atoms with van der Waals surface area (Å²) in [6.07, 6.45) is 0. The van der Waals surface area contributed by atoms with Gasteiger partial charge < -0.3 is 9.32 Å². The predicted octanol–water partition coefficient (Wildman–Crippen LogP) is 17.6. The lowest BCUT2D eigenvalue weighted by atomic mass is 9.98. The first-order valence-corrected chi connectivity index (χ1v) is 21.8. The second-order valence-corrected chi connectivity index (χ2v) is 16.2. The number of nitrogens with zero attached hydrogens (tertiary/aromatic N) is 1. The summed E-state index contributed by atoms with van der Waals surface area (Å²) in [6.45, 7) is 0. The first-order chi connectivity index (χ1) is 31.7. The van der Waals surface area contributed by atoms with Crippen LogP contribution in [0.25, 0.3) is 89.1 Å². The molecule has 0 unspecified atom stereocenters. The van der Waals surface area contributed by atoms with Crippen molar-refractivity contribution in [2.24, 2.45) is 0 Å². The van der Waals surface area contributed by atoms with Crippen molar-refractivity contribution in [2.45, 2.75) is 0 Å². The van der Waals surface area contributed by atoms with Crippen LogP contribution in [0.3, 0.4) is 0 Å². The van der Waals surface area contributed by atoms with Crippen LogP contribution in [0.1, 0.15) is 0 Å². The average Bonchev–Trinajstić information content (AvgIpc) is 3.83. The van der Waals surface area contributed by atoms with Gasteiger partial charge in [-0.05, 0) is 127 Å². The third-order valence-corrected chi connectivity index (χ3v) is 12.1. The molecule has 0 radical (unpaired) electrons. The second kappa shape index (κ2) is 17.1. The molecule has 2 heteroatoms. The minimum atomic E-state index is 0.878. The highest BCUT2D eigenvalue weighted by Gasteiger charge is 2.15. The lowest BCUT2D eigenvalue weighted by Gasteiger charge is -2.26. The normalized spacial score (nSPS) is 11.1. The number of para-hydroxylation sites is 1. The molecule has 0 saturated carbocycles. The molecule has 0 fully saturated rings. The Balaban J connectivity index is 0.883. The molecule has 2 nitrogen and oxygen atoms in total. The van der Waals surface area contributed by atoms with Gasteiger partial charge in [-0.2, -0.15) is 0 Å². The van der Waals surface area contributed by atoms with Gasteiger partial charge >= 0.3 is 0 Å². The highest BCUT2D eigenvalue weighted by atomic mass is 16.3. The molecule has 302 valence electrons. The SMILES string of the molecule is c1ccc(-c2ccc(-c3ccc(N(c4ccc(-c5ccc(-c6cccc(-c7cc8ccccc8o7)c6)cc5)cc4)c4ccc(-c5cccc(-c6ccccc6)c5)cc4)cc3)cc2)cc1. The minimum absolute atomic E-state index is 0.878. The molecule has 64 heavy (non-hydrogen) atoms. The van der Waals surface area contributed by atoms with Gasteiger partial charge in [0, 0.05) is 28.0 Å². The molecule has 1 aromatic heterocycles. The maximum Gasteiger partial charge on any atom is 0.135 e. The van der Waals surface area contributed by atoms with Crippen molar-refractivity contribution < 1.29 is 4.42 Å². The number of furan rings is 1. The fourth-order valence-corrected chi connectivity index (χ4v) is 8.68. The number of fused-ring (bicyclic) bond motifs is 1. The molecule has 0 spiro atoms. The first kappa shape index (κ1) is 38.5. The molecule has 0 bridgehead atoms. The Morgan fingerprint density at radius 1 is 0.219 bits per heavy atom.